The number of aromatic nitrogens is 4. The van der Waals surface area contributed by atoms with E-state index in [-0.39, 0.29) is 0 Å². The second kappa shape index (κ2) is 7.37. The van der Waals surface area contributed by atoms with E-state index >= 15 is 0 Å². The zero-order valence-corrected chi connectivity index (χ0v) is 17.2. The summed E-state index contributed by atoms with van der Waals surface area (Å²) in [6, 6.07) is 4.65. The van der Waals surface area contributed by atoms with E-state index in [1.807, 2.05) is 24.3 Å². The van der Waals surface area contributed by atoms with Crippen molar-refractivity contribution in [1.82, 2.24) is 24.2 Å². The van der Waals surface area contributed by atoms with Gasteiger partial charge in [0.05, 0.1) is 11.4 Å². The van der Waals surface area contributed by atoms with Crippen molar-refractivity contribution in [1.29, 1.82) is 0 Å². The minimum atomic E-state index is 0.393. The molecule has 6 nitrogen and oxygen atoms in total. The molecular weight excluding hydrogens is 368 g/mol. The van der Waals surface area contributed by atoms with Gasteiger partial charge in [-0.05, 0) is 38.2 Å². The summed E-state index contributed by atoms with van der Waals surface area (Å²) in [6.45, 7) is 5.42. The lowest BCUT2D eigenvalue weighted by Gasteiger charge is -2.38. The molecule has 3 aromatic rings. The maximum atomic E-state index is 4.80. The van der Waals surface area contributed by atoms with E-state index in [1.165, 1.54) is 47.4 Å². The minimum absolute atomic E-state index is 0.393. The van der Waals surface area contributed by atoms with Gasteiger partial charge in [-0.25, -0.2) is 15.0 Å². The normalized spacial score (nSPS) is 23.1. The van der Waals surface area contributed by atoms with Crippen molar-refractivity contribution in [2.24, 2.45) is 0 Å². The van der Waals surface area contributed by atoms with Crippen LogP contribution in [0.2, 0.25) is 0 Å². The zero-order valence-electron chi connectivity index (χ0n) is 16.4. The number of hydrogen-bond donors (Lipinski definition) is 1. The highest BCUT2D eigenvalue weighted by Gasteiger charge is 2.31. The molecule has 2 aliphatic rings. The predicted molar refractivity (Wildman–Crippen MR) is 115 cm³/mol. The molecule has 0 aliphatic carbocycles. The van der Waals surface area contributed by atoms with Gasteiger partial charge in [0.15, 0.2) is 0 Å². The number of nitrogens with one attached hydrogen (secondary N) is 1. The third kappa shape index (κ3) is 3.06. The van der Waals surface area contributed by atoms with Crippen molar-refractivity contribution in [2.45, 2.75) is 44.7 Å². The van der Waals surface area contributed by atoms with Crippen LogP contribution in [-0.4, -0.2) is 49.6 Å². The van der Waals surface area contributed by atoms with E-state index in [4.69, 9.17) is 4.98 Å². The van der Waals surface area contributed by atoms with Gasteiger partial charge in [0.2, 0.25) is 0 Å². The Morgan fingerprint density at radius 2 is 2.14 bits per heavy atom. The summed E-state index contributed by atoms with van der Waals surface area (Å²) in [6.07, 6.45) is 11.2. The molecule has 0 aromatic carbocycles. The molecule has 1 fully saturated rings. The SMILES string of the molecule is CSN1CCCC(c2ncnc3c2CN(c2ccnc4[nH]ccc24)C(C)C3)C1. The number of fused-ring (bicyclic) bond motifs is 2. The Labute approximate surface area is 169 Å². The van der Waals surface area contributed by atoms with Crippen LogP contribution in [0.1, 0.15) is 42.6 Å². The Morgan fingerprint density at radius 3 is 3.04 bits per heavy atom. The molecule has 7 heteroatoms. The van der Waals surface area contributed by atoms with Gasteiger partial charge in [0.25, 0.3) is 0 Å². The lowest BCUT2D eigenvalue weighted by molar-refractivity contribution is 0.337. The first-order valence-electron chi connectivity index (χ1n) is 10.0. The van der Waals surface area contributed by atoms with Crippen LogP contribution in [0.25, 0.3) is 11.0 Å². The number of anilines is 1. The summed E-state index contributed by atoms with van der Waals surface area (Å²) in [5.74, 6) is 0.498. The first-order chi connectivity index (χ1) is 13.7. The molecule has 146 valence electrons. The summed E-state index contributed by atoms with van der Waals surface area (Å²) in [7, 11) is 0. The van der Waals surface area contributed by atoms with Gasteiger partial charge in [-0.2, -0.15) is 0 Å². The first-order valence-corrected chi connectivity index (χ1v) is 11.2. The topological polar surface area (TPSA) is 60.9 Å². The number of aromatic amines is 1. The van der Waals surface area contributed by atoms with Crippen LogP contribution in [0, 0.1) is 0 Å². The molecule has 2 aliphatic heterocycles. The molecule has 0 saturated carbocycles. The van der Waals surface area contributed by atoms with Gasteiger partial charge >= 0.3 is 0 Å². The number of piperidine rings is 1. The largest absolute Gasteiger partial charge is 0.363 e. The van der Waals surface area contributed by atoms with Crippen molar-refractivity contribution in [3.63, 3.8) is 0 Å². The smallest absolute Gasteiger partial charge is 0.139 e. The molecule has 3 aromatic heterocycles. The van der Waals surface area contributed by atoms with Gasteiger partial charge in [-0.3, -0.25) is 4.31 Å². The highest BCUT2D eigenvalue weighted by Crippen LogP contribution is 2.36. The molecule has 5 rings (SSSR count). The van der Waals surface area contributed by atoms with Crippen LogP contribution in [0.5, 0.6) is 0 Å². The van der Waals surface area contributed by atoms with Crippen LogP contribution in [0.15, 0.2) is 30.9 Å². The molecular formula is C21H26N6S. The molecule has 0 amide bonds. The van der Waals surface area contributed by atoms with Crippen molar-refractivity contribution >= 4 is 28.7 Å². The summed E-state index contributed by atoms with van der Waals surface area (Å²) in [4.78, 5) is 19.7. The average molecular weight is 395 g/mol. The lowest BCUT2D eigenvalue weighted by atomic mass is 9.88. The maximum Gasteiger partial charge on any atom is 0.139 e. The molecule has 0 bridgehead atoms. The number of nitrogens with zero attached hydrogens (tertiary/aromatic N) is 5. The highest BCUT2D eigenvalue weighted by atomic mass is 32.2. The maximum absolute atomic E-state index is 4.80. The molecule has 5 heterocycles. The monoisotopic (exact) mass is 394 g/mol. The van der Waals surface area contributed by atoms with E-state index in [0.29, 0.717) is 12.0 Å². The van der Waals surface area contributed by atoms with Gasteiger partial charge < -0.3 is 9.88 Å². The Bertz CT molecular complexity index is 986. The first kappa shape index (κ1) is 17.9. The Kier molecular flexibility index (Phi) is 4.72. The third-order valence-corrected chi connectivity index (χ3v) is 7.04. The molecule has 0 radical (unpaired) electrons. The number of rotatable bonds is 3. The van der Waals surface area contributed by atoms with Crippen LogP contribution in [0.3, 0.4) is 0 Å². The standard InChI is InChI=1S/C21H26N6S/c1-14-10-18-17(12-27(14)19-6-8-23-21-16(19)5-7-22-21)20(25-13-24-18)15-4-3-9-26(11-15)28-2/h5-8,13-15H,3-4,9-12H2,1-2H3,(H,22,23). The Morgan fingerprint density at radius 1 is 1.21 bits per heavy atom. The fourth-order valence-corrected chi connectivity index (χ4v) is 5.37. The fraction of sp³-hybridized carbons (Fsp3) is 0.476. The second-order valence-corrected chi connectivity index (χ2v) is 8.73. The van der Waals surface area contributed by atoms with Gasteiger partial charge in [-0.1, -0.05) is 11.9 Å². The van der Waals surface area contributed by atoms with Gasteiger partial charge in [-0.15, -0.1) is 0 Å². The number of pyridine rings is 1. The number of H-pyrrole nitrogens is 1. The third-order valence-electron chi connectivity index (χ3n) is 6.19. The van der Waals surface area contributed by atoms with Crippen LogP contribution in [-0.2, 0) is 13.0 Å². The number of hydrogen-bond acceptors (Lipinski definition) is 6. The van der Waals surface area contributed by atoms with Crippen LogP contribution < -0.4 is 4.90 Å². The summed E-state index contributed by atoms with van der Waals surface area (Å²) < 4.78 is 2.47. The lowest BCUT2D eigenvalue weighted by Crippen LogP contribution is -2.40. The van der Waals surface area contributed by atoms with E-state index in [9.17, 15) is 0 Å². The predicted octanol–water partition coefficient (Wildman–Crippen LogP) is 3.76. The van der Waals surface area contributed by atoms with Crippen molar-refractivity contribution in [3.05, 3.63) is 47.8 Å². The van der Waals surface area contributed by atoms with Crippen molar-refractivity contribution in [2.75, 3.05) is 24.2 Å². The summed E-state index contributed by atoms with van der Waals surface area (Å²) >= 11 is 1.85. The fourth-order valence-electron chi connectivity index (χ4n) is 4.73. The summed E-state index contributed by atoms with van der Waals surface area (Å²) in [5.41, 5.74) is 6.03. The van der Waals surface area contributed by atoms with Crippen molar-refractivity contribution in [3.8, 4) is 0 Å². The quantitative estimate of drug-likeness (QED) is 0.683. The Hall–Kier alpha value is -2.12. The molecule has 1 N–H and O–H groups in total. The molecule has 0 spiro atoms. The van der Waals surface area contributed by atoms with Crippen LogP contribution in [0.4, 0.5) is 5.69 Å². The Balaban J connectivity index is 1.52. The van der Waals surface area contributed by atoms with E-state index < -0.39 is 0 Å². The zero-order chi connectivity index (χ0) is 19.1. The summed E-state index contributed by atoms with van der Waals surface area (Å²) in [5, 5.41) is 1.18. The van der Waals surface area contributed by atoms with E-state index in [2.05, 4.69) is 49.5 Å². The van der Waals surface area contributed by atoms with Crippen molar-refractivity contribution < 1.29 is 0 Å². The van der Waals surface area contributed by atoms with Gasteiger partial charge in [0, 0.05) is 67.0 Å². The molecule has 28 heavy (non-hydrogen) atoms. The second-order valence-electron chi connectivity index (χ2n) is 7.84. The van der Waals surface area contributed by atoms with E-state index in [1.54, 1.807) is 6.33 Å². The molecule has 2 unspecified atom stereocenters. The van der Waals surface area contributed by atoms with Crippen LogP contribution >= 0.6 is 11.9 Å². The average Bonchev–Trinajstić information content (AvgIpc) is 3.22. The molecule has 2 atom stereocenters. The minimum Gasteiger partial charge on any atom is -0.363 e. The highest BCUT2D eigenvalue weighted by molar-refractivity contribution is 7.96. The van der Waals surface area contributed by atoms with Gasteiger partial charge in [0.1, 0.15) is 12.0 Å². The molecule has 1 saturated heterocycles. The van der Waals surface area contributed by atoms with E-state index in [0.717, 1.165) is 25.2 Å².